The van der Waals surface area contributed by atoms with Gasteiger partial charge in [0, 0.05) is 19.2 Å². The number of nitrogens with zero attached hydrogens (tertiary/aromatic N) is 3. The number of rotatable bonds is 5. The molecule has 7 nitrogen and oxygen atoms in total. The monoisotopic (exact) mass is 369 g/mol. The Morgan fingerprint density at radius 2 is 2.07 bits per heavy atom. The first-order valence-corrected chi connectivity index (χ1v) is 8.97. The van der Waals surface area contributed by atoms with E-state index >= 15 is 0 Å². The highest BCUT2D eigenvalue weighted by Crippen LogP contribution is 2.32. The van der Waals surface area contributed by atoms with Crippen molar-refractivity contribution in [3.05, 3.63) is 47.4 Å². The predicted molar refractivity (Wildman–Crippen MR) is 99.3 cm³/mol. The number of likely N-dealkylation sites (tertiary alicyclic amines) is 1. The third-order valence-electron chi connectivity index (χ3n) is 4.70. The lowest BCUT2D eigenvalue weighted by Crippen LogP contribution is -2.40. The highest BCUT2D eigenvalue weighted by atomic mass is 16.5. The number of piperidine rings is 1. The molecule has 2 aromatic rings. The van der Waals surface area contributed by atoms with Gasteiger partial charge in [0.1, 0.15) is 12.4 Å². The molecule has 142 valence electrons. The topological polar surface area (TPSA) is 92.6 Å². The Labute approximate surface area is 158 Å². The zero-order valence-electron chi connectivity index (χ0n) is 15.5. The molecule has 3 rings (SSSR count). The van der Waals surface area contributed by atoms with Crippen LogP contribution in [0.2, 0.25) is 0 Å². The fraction of sp³-hybridized carbons (Fsp3) is 0.400. The summed E-state index contributed by atoms with van der Waals surface area (Å²) in [6.07, 6.45) is 2.82. The quantitative estimate of drug-likeness (QED) is 0.871. The lowest BCUT2D eigenvalue weighted by molar-refractivity contribution is -0.139. The number of aromatic carboxylic acids is 1. The van der Waals surface area contributed by atoms with Crippen molar-refractivity contribution in [2.75, 3.05) is 20.3 Å². The molecule has 0 radical (unpaired) electrons. The highest BCUT2D eigenvalue weighted by molar-refractivity contribution is 5.89. The van der Waals surface area contributed by atoms with Gasteiger partial charge in [0.15, 0.2) is 0 Å². The van der Waals surface area contributed by atoms with Gasteiger partial charge >= 0.3 is 5.97 Å². The van der Waals surface area contributed by atoms with Gasteiger partial charge in [-0.25, -0.2) is 14.8 Å². The van der Waals surface area contributed by atoms with Gasteiger partial charge in [0.25, 0.3) is 0 Å². The van der Waals surface area contributed by atoms with E-state index in [0.717, 1.165) is 25.0 Å². The van der Waals surface area contributed by atoms with E-state index in [1.54, 1.807) is 25.1 Å². The Bertz CT molecular complexity index is 853. The summed E-state index contributed by atoms with van der Waals surface area (Å²) in [6.45, 7) is 2.53. The van der Waals surface area contributed by atoms with Crippen molar-refractivity contribution < 1.29 is 19.4 Å². The van der Waals surface area contributed by atoms with Crippen LogP contribution in [0.1, 0.15) is 47.2 Å². The van der Waals surface area contributed by atoms with Gasteiger partial charge in [-0.2, -0.15) is 0 Å². The second kappa shape index (κ2) is 8.26. The zero-order chi connectivity index (χ0) is 19.4. The minimum Gasteiger partial charge on any atom is -0.478 e. The number of hydrogen-bond acceptors (Lipinski definition) is 5. The summed E-state index contributed by atoms with van der Waals surface area (Å²) in [5.41, 5.74) is 2.36. The zero-order valence-corrected chi connectivity index (χ0v) is 15.5. The number of carboxylic acids is 1. The van der Waals surface area contributed by atoms with E-state index in [-0.39, 0.29) is 24.1 Å². The third kappa shape index (κ3) is 4.31. The van der Waals surface area contributed by atoms with Crippen LogP contribution in [0.5, 0.6) is 0 Å². The maximum absolute atomic E-state index is 12.4. The van der Waals surface area contributed by atoms with Crippen LogP contribution in [0.4, 0.5) is 0 Å². The molecule has 1 N–H and O–H groups in total. The number of amides is 1. The lowest BCUT2D eigenvalue weighted by Gasteiger charge is -2.35. The number of ether oxygens (including phenoxy) is 1. The van der Waals surface area contributed by atoms with Crippen LogP contribution >= 0.6 is 0 Å². The van der Waals surface area contributed by atoms with Crippen molar-refractivity contribution in [2.45, 2.75) is 32.2 Å². The van der Waals surface area contributed by atoms with Gasteiger partial charge in [-0.15, -0.1) is 0 Å². The minimum atomic E-state index is -0.980. The molecule has 7 heteroatoms. The smallest absolute Gasteiger partial charge is 0.335 e. The number of carbonyl (C=O) groups excluding carboxylic acids is 1. The molecule has 1 aromatic carbocycles. The van der Waals surface area contributed by atoms with Crippen LogP contribution in [0.25, 0.3) is 11.3 Å². The molecule has 1 amide bonds. The normalized spacial score (nSPS) is 17.0. The molecule has 0 bridgehead atoms. The molecule has 1 unspecified atom stereocenters. The van der Waals surface area contributed by atoms with Crippen molar-refractivity contribution in [1.29, 1.82) is 0 Å². The van der Waals surface area contributed by atoms with Gasteiger partial charge < -0.3 is 14.7 Å². The Kier molecular flexibility index (Phi) is 5.81. The second-order valence-electron chi connectivity index (χ2n) is 6.64. The Hall–Kier alpha value is -2.80. The Morgan fingerprint density at radius 3 is 2.81 bits per heavy atom. The predicted octanol–water partition coefficient (Wildman–Crippen LogP) is 2.85. The van der Waals surface area contributed by atoms with Gasteiger partial charge in [-0.3, -0.25) is 4.79 Å². The van der Waals surface area contributed by atoms with E-state index in [1.165, 1.54) is 7.11 Å². The van der Waals surface area contributed by atoms with Gasteiger partial charge in [-0.1, -0.05) is 12.1 Å². The average molecular weight is 369 g/mol. The standard InChI is InChI=1S/C20H23N3O4/c1-13-21-16(14-6-5-7-15(10-14)20(25)26)11-17(22-13)18-8-3-4-9-23(18)19(24)12-27-2/h5-7,10-11,18H,3-4,8-9,12H2,1-2H3,(H,25,26). The van der Waals surface area contributed by atoms with Crippen LogP contribution < -0.4 is 0 Å². The van der Waals surface area contributed by atoms with Crippen molar-refractivity contribution in [3.8, 4) is 11.3 Å². The summed E-state index contributed by atoms with van der Waals surface area (Å²) in [5.74, 6) is -0.438. The molecule has 1 fully saturated rings. The third-order valence-corrected chi connectivity index (χ3v) is 4.70. The first kappa shape index (κ1) is 19.0. The van der Waals surface area contributed by atoms with E-state index in [4.69, 9.17) is 4.74 Å². The van der Waals surface area contributed by atoms with Crippen molar-refractivity contribution >= 4 is 11.9 Å². The summed E-state index contributed by atoms with van der Waals surface area (Å²) >= 11 is 0. The van der Waals surface area contributed by atoms with Crippen molar-refractivity contribution in [2.24, 2.45) is 0 Å². The van der Waals surface area contributed by atoms with Crippen LogP contribution in [0.3, 0.4) is 0 Å². The van der Waals surface area contributed by atoms with E-state index in [9.17, 15) is 14.7 Å². The SMILES string of the molecule is COCC(=O)N1CCCCC1c1cc(-c2cccc(C(=O)O)c2)nc(C)n1. The molecule has 1 aromatic heterocycles. The lowest BCUT2D eigenvalue weighted by atomic mass is 9.97. The maximum Gasteiger partial charge on any atom is 0.335 e. The largest absolute Gasteiger partial charge is 0.478 e. The number of aryl methyl sites for hydroxylation is 1. The summed E-state index contributed by atoms with van der Waals surface area (Å²) in [7, 11) is 1.51. The first-order valence-electron chi connectivity index (χ1n) is 8.97. The van der Waals surface area contributed by atoms with Gasteiger partial charge in [0.05, 0.1) is 23.0 Å². The fourth-order valence-corrected chi connectivity index (χ4v) is 3.46. The van der Waals surface area contributed by atoms with Crippen molar-refractivity contribution in [1.82, 2.24) is 14.9 Å². The molecule has 1 saturated heterocycles. The molecule has 0 aliphatic carbocycles. The number of aromatic nitrogens is 2. The fourth-order valence-electron chi connectivity index (χ4n) is 3.46. The number of carboxylic acid groups (broad SMARTS) is 1. The van der Waals surface area contributed by atoms with Gasteiger partial charge in [-0.05, 0) is 44.4 Å². The molecular weight excluding hydrogens is 346 g/mol. The number of carbonyl (C=O) groups is 2. The summed E-state index contributed by atoms with van der Waals surface area (Å²) in [5, 5.41) is 9.23. The molecule has 0 saturated carbocycles. The van der Waals surface area contributed by atoms with Crippen LogP contribution in [0.15, 0.2) is 30.3 Å². The maximum atomic E-state index is 12.4. The van der Waals surface area contributed by atoms with E-state index < -0.39 is 5.97 Å². The first-order chi connectivity index (χ1) is 13.0. The van der Waals surface area contributed by atoms with Gasteiger partial charge in [0.2, 0.25) is 5.91 Å². The van der Waals surface area contributed by atoms with Crippen molar-refractivity contribution in [3.63, 3.8) is 0 Å². The van der Waals surface area contributed by atoms with E-state index in [2.05, 4.69) is 9.97 Å². The van der Waals surface area contributed by atoms with E-state index in [1.807, 2.05) is 17.0 Å². The number of methoxy groups -OCH3 is 1. The second-order valence-corrected chi connectivity index (χ2v) is 6.64. The van der Waals surface area contributed by atoms with Crippen LogP contribution in [-0.4, -0.2) is 52.1 Å². The Balaban J connectivity index is 1.98. The Morgan fingerprint density at radius 1 is 1.26 bits per heavy atom. The van der Waals surface area contributed by atoms with Crippen LogP contribution in [0, 0.1) is 6.92 Å². The minimum absolute atomic E-state index is 0.0483. The molecule has 1 aliphatic rings. The molecule has 27 heavy (non-hydrogen) atoms. The summed E-state index contributed by atoms with van der Waals surface area (Å²) in [6, 6.07) is 8.41. The molecular formula is C20H23N3O4. The number of hydrogen-bond donors (Lipinski definition) is 1. The molecule has 1 atom stereocenters. The van der Waals surface area contributed by atoms with E-state index in [0.29, 0.717) is 23.6 Å². The highest BCUT2D eigenvalue weighted by Gasteiger charge is 2.29. The number of benzene rings is 1. The summed E-state index contributed by atoms with van der Waals surface area (Å²) in [4.78, 5) is 34.6. The average Bonchev–Trinajstić information content (AvgIpc) is 2.68. The molecule has 1 aliphatic heterocycles. The van der Waals surface area contributed by atoms with Crippen LogP contribution in [-0.2, 0) is 9.53 Å². The molecule has 2 heterocycles. The molecule has 0 spiro atoms. The summed E-state index contributed by atoms with van der Waals surface area (Å²) < 4.78 is 5.01.